The lowest BCUT2D eigenvalue weighted by Gasteiger charge is -2.14. The summed E-state index contributed by atoms with van der Waals surface area (Å²) in [6.45, 7) is 6.26. The number of carbonyl (C=O) groups excluding carboxylic acids is 1. The molecule has 88 valence electrons. The maximum Gasteiger partial charge on any atom is 0.253 e. The van der Waals surface area contributed by atoms with E-state index >= 15 is 0 Å². The molecule has 0 unspecified atom stereocenters. The summed E-state index contributed by atoms with van der Waals surface area (Å²) >= 11 is 0. The Morgan fingerprint density at radius 2 is 1.75 bits per heavy atom. The third kappa shape index (κ3) is 2.48. The summed E-state index contributed by atoms with van der Waals surface area (Å²) in [5, 5.41) is 5.30. The van der Waals surface area contributed by atoms with E-state index in [1.807, 2.05) is 13.8 Å². The van der Waals surface area contributed by atoms with Gasteiger partial charge in [0, 0.05) is 13.0 Å². The van der Waals surface area contributed by atoms with Gasteiger partial charge in [0.2, 0.25) is 5.91 Å². The number of amides is 1. The molecule has 5 nitrogen and oxygen atoms in total. The molecule has 0 saturated heterocycles. The highest BCUT2D eigenvalue weighted by Gasteiger charge is 2.21. The summed E-state index contributed by atoms with van der Waals surface area (Å²) in [4.78, 5) is 33.6. The molecular formula is C11H16N2O3. The molecule has 0 spiro atoms. The fourth-order valence-electron chi connectivity index (χ4n) is 1.21. The molecule has 1 aromatic carbocycles. The molecule has 0 fully saturated rings. The highest BCUT2D eigenvalue weighted by molar-refractivity contribution is 5.95. The van der Waals surface area contributed by atoms with Crippen LogP contribution in [-0.4, -0.2) is 12.5 Å². The number of hydrogen-bond acceptors (Lipinski definition) is 4. The fourth-order valence-corrected chi connectivity index (χ4v) is 1.21. The van der Waals surface area contributed by atoms with Crippen LogP contribution in [0.4, 0.5) is 11.4 Å². The molecule has 0 aliphatic carbocycles. The van der Waals surface area contributed by atoms with Crippen LogP contribution in [0.15, 0.2) is 9.59 Å². The molecule has 5 heteroatoms. The SMILES string of the molecule is CCC(=O)Nc1c(NCC(C)C)c(=O)c1=O. The van der Waals surface area contributed by atoms with Gasteiger partial charge < -0.3 is 10.6 Å². The Balaban J connectivity index is 2.78. The van der Waals surface area contributed by atoms with Crippen molar-refractivity contribution in [3.05, 3.63) is 20.4 Å². The van der Waals surface area contributed by atoms with Crippen molar-refractivity contribution < 1.29 is 4.79 Å². The monoisotopic (exact) mass is 224 g/mol. The minimum Gasteiger partial charge on any atom is -0.380 e. The van der Waals surface area contributed by atoms with Crippen molar-refractivity contribution in [3.8, 4) is 0 Å². The molecule has 1 aromatic rings. The molecule has 0 aromatic heterocycles. The third-order valence-corrected chi connectivity index (χ3v) is 2.18. The van der Waals surface area contributed by atoms with Gasteiger partial charge in [-0.3, -0.25) is 14.4 Å². The Hall–Kier alpha value is -1.65. The Morgan fingerprint density at radius 1 is 1.19 bits per heavy atom. The third-order valence-electron chi connectivity index (χ3n) is 2.18. The minimum absolute atomic E-state index is 0.109. The molecule has 0 aliphatic heterocycles. The van der Waals surface area contributed by atoms with Crippen molar-refractivity contribution in [1.82, 2.24) is 0 Å². The first kappa shape index (κ1) is 12.4. The molecule has 0 aliphatic rings. The second-order valence-corrected chi connectivity index (χ2v) is 4.08. The summed E-state index contributed by atoms with van der Waals surface area (Å²) in [5.74, 6) is 0.0961. The van der Waals surface area contributed by atoms with Crippen LogP contribution < -0.4 is 21.5 Å². The summed E-state index contributed by atoms with van der Waals surface area (Å²) in [7, 11) is 0. The summed E-state index contributed by atoms with van der Waals surface area (Å²) in [5.41, 5.74) is -0.821. The zero-order valence-electron chi connectivity index (χ0n) is 9.72. The van der Waals surface area contributed by atoms with Crippen molar-refractivity contribution in [1.29, 1.82) is 0 Å². The molecule has 0 saturated carbocycles. The van der Waals surface area contributed by atoms with Crippen LogP contribution >= 0.6 is 0 Å². The van der Waals surface area contributed by atoms with E-state index in [-0.39, 0.29) is 23.7 Å². The molecule has 0 radical (unpaired) electrons. The quantitative estimate of drug-likeness (QED) is 0.722. The van der Waals surface area contributed by atoms with Crippen molar-refractivity contribution >= 4 is 17.3 Å². The first-order valence-corrected chi connectivity index (χ1v) is 5.34. The van der Waals surface area contributed by atoms with E-state index in [4.69, 9.17) is 0 Å². The second-order valence-electron chi connectivity index (χ2n) is 4.08. The van der Waals surface area contributed by atoms with Gasteiger partial charge in [-0.15, -0.1) is 0 Å². The van der Waals surface area contributed by atoms with Crippen LogP contribution in [0.25, 0.3) is 0 Å². The van der Waals surface area contributed by atoms with Gasteiger partial charge in [-0.05, 0) is 5.92 Å². The molecule has 0 heterocycles. The topological polar surface area (TPSA) is 75.3 Å². The van der Waals surface area contributed by atoms with Gasteiger partial charge in [0.15, 0.2) is 0 Å². The highest BCUT2D eigenvalue weighted by atomic mass is 16.2. The Labute approximate surface area is 93.5 Å². The predicted molar refractivity (Wildman–Crippen MR) is 63.6 cm³/mol. The van der Waals surface area contributed by atoms with E-state index < -0.39 is 10.9 Å². The van der Waals surface area contributed by atoms with E-state index in [0.717, 1.165) is 0 Å². The van der Waals surface area contributed by atoms with Crippen molar-refractivity contribution in [2.75, 3.05) is 17.2 Å². The summed E-state index contributed by atoms with van der Waals surface area (Å²) in [6, 6.07) is 0. The number of rotatable bonds is 5. The van der Waals surface area contributed by atoms with Gasteiger partial charge in [-0.1, -0.05) is 20.8 Å². The molecule has 0 atom stereocenters. The number of carbonyl (C=O) groups is 1. The van der Waals surface area contributed by atoms with E-state index in [0.29, 0.717) is 12.5 Å². The normalized spacial score (nSPS) is 10.8. The minimum atomic E-state index is -0.618. The largest absolute Gasteiger partial charge is 0.380 e. The van der Waals surface area contributed by atoms with Crippen molar-refractivity contribution in [2.24, 2.45) is 5.92 Å². The lowest BCUT2D eigenvalue weighted by molar-refractivity contribution is -0.115. The van der Waals surface area contributed by atoms with E-state index in [2.05, 4.69) is 10.6 Å². The highest BCUT2D eigenvalue weighted by Crippen LogP contribution is 2.14. The Bertz CT molecular complexity index is 456. The van der Waals surface area contributed by atoms with Crippen LogP contribution in [0.3, 0.4) is 0 Å². The Kier molecular flexibility index (Phi) is 3.82. The lowest BCUT2D eigenvalue weighted by atomic mass is 10.1. The van der Waals surface area contributed by atoms with Crippen LogP contribution in [0.2, 0.25) is 0 Å². The zero-order valence-corrected chi connectivity index (χ0v) is 9.72. The Morgan fingerprint density at radius 3 is 2.25 bits per heavy atom. The van der Waals surface area contributed by atoms with Gasteiger partial charge in [0.1, 0.15) is 11.4 Å². The lowest BCUT2D eigenvalue weighted by Crippen LogP contribution is -2.39. The van der Waals surface area contributed by atoms with Gasteiger partial charge in [0.25, 0.3) is 10.9 Å². The van der Waals surface area contributed by atoms with Crippen LogP contribution in [0.5, 0.6) is 0 Å². The van der Waals surface area contributed by atoms with E-state index in [1.54, 1.807) is 6.92 Å². The predicted octanol–water partition coefficient (Wildman–Crippen LogP) is 0.699. The zero-order chi connectivity index (χ0) is 12.3. The van der Waals surface area contributed by atoms with Crippen molar-refractivity contribution in [3.63, 3.8) is 0 Å². The molecule has 2 N–H and O–H groups in total. The molecule has 16 heavy (non-hydrogen) atoms. The maximum absolute atomic E-state index is 11.2. The first-order valence-electron chi connectivity index (χ1n) is 5.34. The van der Waals surface area contributed by atoms with Crippen LogP contribution in [-0.2, 0) is 4.79 Å². The molecule has 1 rings (SSSR count). The average Bonchev–Trinajstić information content (AvgIpc) is 2.26. The number of anilines is 2. The van der Waals surface area contributed by atoms with Crippen LogP contribution in [0.1, 0.15) is 27.2 Å². The standard InChI is InChI=1S/C11H16N2O3/c1-4-7(14)13-9-8(10(15)11(9)16)12-5-6(2)3/h6,12H,4-5H2,1-3H3,(H,13,14). The van der Waals surface area contributed by atoms with Gasteiger partial charge in [0.05, 0.1) is 0 Å². The molecular weight excluding hydrogens is 208 g/mol. The van der Waals surface area contributed by atoms with E-state index in [9.17, 15) is 14.4 Å². The fraction of sp³-hybridized carbons (Fsp3) is 0.545. The number of nitrogens with one attached hydrogen (secondary N) is 2. The van der Waals surface area contributed by atoms with Gasteiger partial charge in [-0.25, -0.2) is 0 Å². The first-order chi connectivity index (χ1) is 7.47. The smallest absolute Gasteiger partial charge is 0.253 e. The second kappa shape index (κ2) is 4.92. The van der Waals surface area contributed by atoms with Crippen molar-refractivity contribution in [2.45, 2.75) is 27.2 Å². The van der Waals surface area contributed by atoms with Gasteiger partial charge in [-0.2, -0.15) is 0 Å². The molecule has 1 amide bonds. The molecule has 0 bridgehead atoms. The van der Waals surface area contributed by atoms with Crippen LogP contribution in [0, 0.1) is 5.92 Å². The average molecular weight is 224 g/mol. The van der Waals surface area contributed by atoms with Gasteiger partial charge >= 0.3 is 0 Å². The maximum atomic E-state index is 11.2. The summed E-state index contributed by atoms with van der Waals surface area (Å²) in [6.07, 6.45) is 0.280. The van der Waals surface area contributed by atoms with E-state index in [1.165, 1.54) is 0 Å². The number of hydrogen-bond donors (Lipinski definition) is 2. The summed E-state index contributed by atoms with van der Waals surface area (Å²) < 4.78 is 0.